The van der Waals surface area contributed by atoms with Crippen LogP contribution in [0.15, 0.2) is 41.2 Å². The number of nitrogens with zero attached hydrogens (tertiary/aromatic N) is 4. The summed E-state index contributed by atoms with van der Waals surface area (Å²) in [5.41, 5.74) is 1.07. The molecule has 4 aromatic rings. The minimum atomic E-state index is -0.827. The molecule has 34 heavy (non-hydrogen) atoms. The lowest BCUT2D eigenvalue weighted by molar-refractivity contribution is 0.252. The number of anilines is 3. The van der Waals surface area contributed by atoms with Crippen LogP contribution in [0.4, 0.5) is 30.2 Å². The molecule has 4 N–H and O–H groups in total. The highest BCUT2D eigenvalue weighted by Gasteiger charge is 2.22. The van der Waals surface area contributed by atoms with E-state index in [1.54, 1.807) is 19.4 Å². The van der Waals surface area contributed by atoms with Crippen molar-refractivity contribution in [3.05, 3.63) is 53.9 Å². The van der Waals surface area contributed by atoms with E-state index in [9.17, 15) is 13.6 Å². The topological polar surface area (TPSA) is 130 Å². The van der Waals surface area contributed by atoms with Gasteiger partial charge in [-0.25, -0.2) is 18.6 Å². The number of nitrogens with one attached hydrogen (secondary N) is 4. The predicted octanol–water partition coefficient (Wildman–Crippen LogP) is 3.98. The van der Waals surface area contributed by atoms with Crippen molar-refractivity contribution in [1.29, 1.82) is 0 Å². The van der Waals surface area contributed by atoms with Crippen molar-refractivity contribution in [3.63, 3.8) is 0 Å². The van der Waals surface area contributed by atoms with Crippen LogP contribution in [-0.4, -0.2) is 46.8 Å². The summed E-state index contributed by atoms with van der Waals surface area (Å²) in [4.78, 5) is 25.3. The maximum absolute atomic E-state index is 14.3. The summed E-state index contributed by atoms with van der Waals surface area (Å²) in [6, 6.07) is 5.34. The molecule has 0 fully saturated rings. The second kappa shape index (κ2) is 10.2. The molecule has 0 saturated heterocycles. The number of pyridine rings is 1. The molecule has 1 aromatic carbocycles. The molecule has 0 spiro atoms. The zero-order chi connectivity index (χ0) is 24.1. The highest BCUT2D eigenvalue weighted by Crippen LogP contribution is 2.37. The molecular formula is C21H20F2N8O2S. The first-order valence-electron chi connectivity index (χ1n) is 10.1. The van der Waals surface area contributed by atoms with Gasteiger partial charge in [0.15, 0.2) is 10.9 Å². The molecule has 0 aliphatic heterocycles. The van der Waals surface area contributed by atoms with Gasteiger partial charge in [0.2, 0.25) is 5.82 Å². The molecule has 3 aromatic heterocycles. The fourth-order valence-electron chi connectivity index (χ4n) is 3.03. The van der Waals surface area contributed by atoms with Gasteiger partial charge >= 0.3 is 6.03 Å². The lowest BCUT2D eigenvalue weighted by Crippen LogP contribution is -2.30. The maximum atomic E-state index is 14.3. The summed E-state index contributed by atoms with van der Waals surface area (Å²) in [5.74, 6) is -1.16. The standard InChI is InChI=1S/C21H20F2N8O2S/c1-24-15-8-12(13(22)9-14(15)23)17-28-19(33-31-17)16-18(25-2)29-21(34-16)30-20(32)27-7-5-11-4-3-6-26-10-11/h3-4,6,8-10,24-25H,5,7H2,1-2H3,(H2,27,29,30,32). The summed E-state index contributed by atoms with van der Waals surface area (Å²) in [6.07, 6.45) is 4.05. The van der Waals surface area contributed by atoms with Crippen LogP contribution in [0.25, 0.3) is 22.2 Å². The number of hydrogen-bond acceptors (Lipinski definition) is 9. The van der Waals surface area contributed by atoms with E-state index in [1.165, 1.54) is 13.1 Å². The predicted molar refractivity (Wildman–Crippen MR) is 125 cm³/mol. The van der Waals surface area contributed by atoms with Gasteiger partial charge in [0, 0.05) is 39.1 Å². The monoisotopic (exact) mass is 486 g/mol. The molecule has 0 unspecified atom stereocenters. The third-order valence-electron chi connectivity index (χ3n) is 4.69. The normalized spacial score (nSPS) is 10.7. The molecule has 10 nitrogen and oxygen atoms in total. The average Bonchev–Trinajstić information content (AvgIpc) is 3.47. The lowest BCUT2D eigenvalue weighted by Gasteiger charge is -2.05. The summed E-state index contributed by atoms with van der Waals surface area (Å²) in [6.45, 7) is 0.416. The van der Waals surface area contributed by atoms with E-state index < -0.39 is 17.7 Å². The Morgan fingerprint density at radius 2 is 2.00 bits per heavy atom. The third kappa shape index (κ3) is 5.09. The molecule has 0 radical (unpaired) electrons. The van der Waals surface area contributed by atoms with Crippen LogP contribution in [0.2, 0.25) is 0 Å². The summed E-state index contributed by atoms with van der Waals surface area (Å²) in [5, 5.41) is 15.1. The number of amides is 2. The first-order chi connectivity index (χ1) is 16.5. The van der Waals surface area contributed by atoms with Gasteiger partial charge in [-0.3, -0.25) is 10.3 Å². The van der Waals surface area contributed by atoms with Crippen molar-refractivity contribution >= 4 is 34.0 Å². The maximum Gasteiger partial charge on any atom is 0.321 e. The van der Waals surface area contributed by atoms with Crippen LogP contribution < -0.4 is 21.3 Å². The zero-order valence-electron chi connectivity index (χ0n) is 18.1. The number of halogens is 2. The smallest absolute Gasteiger partial charge is 0.321 e. The van der Waals surface area contributed by atoms with Gasteiger partial charge < -0.3 is 20.5 Å². The van der Waals surface area contributed by atoms with E-state index >= 15 is 0 Å². The van der Waals surface area contributed by atoms with Crippen molar-refractivity contribution in [2.24, 2.45) is 0 Å². The number of benzene rings is 1. The van der Waals surface area contributed by atoms with Crippen molar-refractivity contribution in [3.8, 4) is 22.2 Å². The van der Waals surface area contributed by atoms with Crippen molar-refractivity contribution < 1.29 is 18.1 Å². The molecule has 0 atom stereocenters. The Morgan fingerprint density at radius 3 is 2.74 bits per heavy atom. The lowest BCUT2D eigenvalue weighted by atomic mass is 10.1. The van der Waals surface area contributed by atoms with E-state index in [1.807, 2.05) is 12.1 Å². The Kier molecular flexibility index (Phi) is 6.92. The average molecular weight is 487 g/mol. The first-order valence-corrected chi connectivity index (χ1v) is 10.9. The Balaban J connectivity index is 1.47. The Bertz CT molecular complexity index is 1300. The van der Waals surface area contributed by atoms with Crippen LogP contribution in [0, 0.1) is 11.6 Å². The molecule has 2 amide bonds. The van der Waals surface area contributed by atoms with E-state index in [2.05, 4.69) is 41.4 Å². The molecule has 176 valence electrons. The Morgan fingerprint density at radius 1 is 1.15 bits per heavy atom. The number of aromatic nitrogens is 4. The van der Waals surface area contributed by atoms with Crippen LogP contribution in [0.3, 0.4) is 0 Å². The van der Waals surface area contributed by atoms with Gasteiger partial charge in [0.05, 0.1) is 11.3 Å². The number of carbonyl (C=O) groups is 1. The zero-order valence-corrected chi connectivity index (χ0v) is 19.0. The first kappa shape index (κ1) is 23.0. The SMILES string of the molecule is CNc1cc(-c2noc(-c3sc(NC(=O)NCCc4cccnc4)nc3NC)n2)c(F)cc1F. The van der Waals surface area contributed by atoms with Crippen molar-refractivity contribution in [2.45, 2.75) is 6.42 Å². The molecule has 0 bridgehead atoms. The van der Waals surface area contributed by atoms with E-state index in [4.69, 9.17) is 4.52 Å². The molecule has 13 heteroatoms. The van der Waals surface area contributed by atoms with Crippen LogP contribution in [-0.2, 0) is 6.42 Å². The minimum absolute atomic E-state index is 0.0254. The van der Waals surface area contributed by atoms with Gasteiger partial charge in [-0.1, -0.05) is 22.6 Å². The molecule has 4 rings (SSSR count). The number of thiazole rings is 1. The second-order valence-electron chi connectivity index (χ2n) is 6.92. The Hall–Kier alpha value is -4.13. The van der Waals surface area contributed by atoms with Gasteiger partial charge in [0.1, 0.15) is 16.5 Å². The quantitative estimate of drug-likeness (QED) is 0.294. The minimum Gasteiger partial charge on any atom is -0.386 e. The highest BCUT2D eigenvalue weighted by atomic mass is 32.1. The fraction of sp³-hybridized carbons (Fsp3) is 0.190. The van der Waals surface area contributed by atoms with Gasteiger partial charge in [-0.2, -0.15) is 4.98 Å². The van der Waals surface area contributed by atoms with Crippen molar-refractivity contribution in [2.75, 3.05) is 36.6 Å². The Labute approximate surface area is 196 Å². The van der Waals surface area contributed by atoms with Gasteiger partial charge in [-0.05, 0) is 24.1 Å². The van der Waals surface area contributed by atoms with E-state index in [0.29, 0.717) is 28.8 Å². The fourth-order valence-corrected chi connectivity index (χ4v) is 3.92. The summed E-state index contributed by atoms with van der Waals surface area (Å²) < 4.78 is 33.4. The number of carbonyl (C=O) groups excluding carboxylic acids is 1. The van der Waals surface area contributed by atoms with Crippen LogP contribution in [0.5, 0.6) is 0 Å². The van der Waals surface area contributed by atoms with Crippen LogP contribution >= 0.6 is 11.3 Å². The molecule has 3 heterocycles. The summed E-state index contributed by atoms with van der Waals surface area (Å²) >= 11 is 1.10. The highest BCUT2D eigenvalue weighted by molar-refractivity contribution is 7.19. The number of urea groups is 1. The van der Waals surface area contributed by atoms with Gasteiger partial charge in [-0.15, -0.1) is 0 Å². The van der Waals surface area contributed by atoms with Crippen LogP contribution in [0.1, 0.15) is 5.56 Å². The second-order valence-corrected chi connectivity index (χ2v) is 7.92. The molecule has 0 aliphatic rings. The van der Waals surface area contributed by atoms with E-state index in [0.717, 1.165) is 23.0 Å². The summed E-state index contributed by atoms with van der Waals surface area (Å²) in [7, 11) is 3.16. The molecule has 0 saturated carbocycles. The number of rotatable bonds is 8. The third-order valence-corrected chi connectivity index (χ3v) is 5.65. The van der Waals surface area contributed by atoms with Crippen molar-refractivity contribution in [1.82, 2.24) is 25.4 Å². The van der Waals surface area contributed by atoms with Gasteiger partial charge in [0.25, 0.3) is 5.89 Å². The molecular weight excluding hydrogens is 466 g/mol. The van der Waals surface area contributed by atoms with E-state index in [-0.39, 0.29) is 23.0 Å². The number of hydrogen-bond donors (Lipinski definition) is 4. The molecule has 0 aliphatic carbocycles. The largest absolute Gasteiger partial charge is 0.386 e.